The lowest BCUT2D eigenvalue weighted by atomic mass is 10.1. The molecule has 5 nitrogen and oxygen atoms in total. The summed E-state index contributed by atoms with van der Waals surface area (Å²) in [6.07, 6.45) is -6.55. The summed E-state index contributed by atoms with van der Waals surface area (Å²) in [5, 5.41) is 19.1. The van der Waals surface area contributed by atoms with Crippen LogP contribution in [-0.2, 0) is 28.9 Å². The molecule has 0 aromatic heterocycles. The first-order chi connectivity index (χ1) is 13.3. The third kappa shape index (κ3) is 6.79. The molecule has 28 heavy (non-hydrogen) atoms. The number of halogens is 3. The monoisotopic (exact) mass is 400 g/mol. The summed E-state index contributed by atoms with van der Waals surface area (Å²) >= 11 is 0. The van der Waals surface area contributed by atoms with Crippen LogP contribution in [0, 0.1) is 0 Å². The highest BCUT2D eigenvalue weighted by atomic mass is 19.4. The van der Waals surface area contributed by atoms with Crippen LogP contribution >= 0.6 is 0 Å². The Balaban J connectivity index is 1.90. The predicted molar refractivity (Wildman–Crippen MR) is 95.8 cm³/mol. The molecule has 0 saturated heterocycles. The van der Waals surface area contributed by atoms with Crippen LogP contribution in [0.15, 0.2) is 48.5 Å². The molecule has 2 atom stereocenters. The van der Waals surface area contributed by atoms with Crippen molar-refractivity contribution in [2.75, 3.05) is 20.3 Å². The summed E-state index contributed by atoms with van der Waals surface area (Å²) in [6, 6.07) is 11.9. The van der Waals surface area contributed by atoms with Gasteiger partial charge in [-0.3, -0.25) is 0 Å². The van der Waals surface area contributed by atoms with Crippen LogP contribution in [0.5, 0.6) is 5.75 Å². The van der Waals surface area contributed by atoms with E-state index in [0.717, 1.165) is 17.7 Å². The van der Waals surface area contributed by atoms with E-state index in [-0.39, 0.29) is 19.8 Å². The number of aliphatic hydroxyl groups excluding tert-OH is 2. The summed E-state index contributed by atoms with van der Waals surface area (Å²) in [5.41, 5.74) is 0.402. The van der Waals surface area contributed by atoms with Gasteiger partial charge in [0.05, 0.1) is 39.1 Å². The Bertz CT molecular complexity index is 719. The lowest BCUT2D eigenvalue weighted by molar-refractivity contribution is -0.137. The molecule has 0 bridgehead atoms. The van der Waals surface area contributed by atoms with Gasteiger partial charge < -0.3 is 24.4 Å². The third-order valence-electron chi connectivity index (χ3n) is 4.04. The van der Waals surface area contributed by atoms with Gasteiger partial charge in [0.15, 0.2) is 0 Å². The van der Waals surface area contributed by atoms with Crippen LogP contribution in [0.3, 0.4) is 0 Å². The first-order valence-corrected chi connectivity index (χ1v) is 8.61. The molecule has 0 aliphatic rings. The number of hydrogen-bond donors (Lipinski definition) is 2. The minimum Gasteiger partial charge on any atom is -0.497 e. The Morgan fingerprint density at radius 1 is 1.00 bits per heavy atom. The van der Waals surface area contributed by atoms with Gasteiger partial charge >= 0.3 is 6.18 Å². The first-order valence-electron chi connectivity index (χ1n) is 8.61. The average molecular weight is 400 g/mol. The number of rotatable bonds is 10. The van der Waals surface area contributed by atoms with E-state index in [2.05, 4.69) is 0 Å². The Morgan fingerprint density at radius 3 is 2.32 bits per heavy atom. The topological polar surface area (TPSA) is 68.2 Å². The van der Waals surface area contributed by atoms with Crippen molar-refractivity contribution < 1.29 is 37.6 Å². The largest absolute Gasteiger partial charge is 0.497 e. The Kier molecular flexibility index (Phi) is 8.25. The van der Waals surface area contributed by atoms with Crippen LogP contribution < -0.4 is 4.74 Å². The van der Waals surface area contributed by atoms with E-state index in [0.29, 0.717) is 11.3 Å². The maximum absolute atomic E-state index is 12.8. The molecule has 0 fully saturated rings. The molecule has 0 aliphatic heterocycles. The van der Waals surface area contributed by atoms with E-state index in [9.17, 15) is 23.4 Å². The summed E-state index contributed by atoms with van der Waals surface area (Å²) < 4.78 is 54.4. The van der Waals surface area contributed by atoms with Crippen molar-refractivity contribution >= 4 is 0 Å². The summed E-state index contributed by atoms with van der Waals surface area (Å²) in [6.45, 7) is -0.505. The minimum atomic E-state index is -4.44. The highest BCUT2D eigenvalue weighted by molar-refractivity contribution is 5.27. The zero-order chi connectivity index (χ0) is 20.6. The Hall–Kier alpha value is -2.13. The summed E-state index contributed by atoms with van der Waals surface area (Å²) in [7, 11) is 1.56. The van der Waals surface area contributed by atoms with Gasteiger partial charge in [-0.05, 0) is 35.4 Å². The maximum atomic E-state index is 12.8. The highest BCUT2D eigenvalue weighted by Gasteiger charge is 2.30. The van der Waals surface area contributed by atoms with Gasteiger partial charge in [0.2, 0.25) is 0 Å². The molecule has 8 heteroatoms. The van der Waals surface area contributed by atoms with Crippen molar-refractivity contribution in [3.63, 3.8) is 0 Å². The molecule has 2 aromatic carbocycles. The van der Waals surface area contributed by atoms with Crippen molar-refractivity contribution in [2.24, 2.45) is 0 Å². The second-order valence-corrected chi connectivity index (χ2v) is 6.16. The lowest BCUT2D eigenvalue weighted by Crippen LogP contribution is -2.36. The molecule has 2 aromatic rings. The standard InChI is InChI=1S/C20H23F3O5/c1-26-17-7-5-14(6-8-17)11-27-13-19(18(25)10-24)28-12-15-3-2-4-16(9-15)20(21,22)23/h2-9,18-19,24-25H,10-13H2,1H3/t18-,19+/m1/s1. The first kappa shape index (κ1) is 22.2. The average Bonchev–Trinajstić information content (AvgIpc) is 2.70. The molecule has 154 valence electrons. The summed E-state index contributed by atoms with van der Waals surface area (Å²) in [4.78, 5) is 0. The molecular weight excluding hydrogens is 377 g/mol. The van der Waals surface area contributed by atoms with Crippen molar-refractivity contribution in [1.29, 1.82) is 0 Å². The fraction of sp³-hybridized carbons (Fsp3) is 0.400. The van der Waals surface area contributed by atoms with Crippen LogP contribution in [0.1, 0.15) is 16.7 Å². The van der Waals surface area contributed by atoms with Crippen LogP contribution in [-0.4, -0.2) is 42.7 Å². The Morgan fingerprint density at radius 2 is 1.71 bits per heavy atom. The second-order valence-electron chi connectivity index (χ2n) is 6.16. The molecule has 0 amide bonds. The van der Waals surface area contributed by atoms with Crippen molar-refractivity contribution in [3.05, 3.63) is 65.2 Å². The number of methoxy groups -OCH3 is 1. The van der Waals surface area contributed by atoms with E-state index in [1.54, 1.807) is 19.2 Å². The molecule has 0 unspecified atom stereocenters. The minimum absolute atomic E-state index is 0.0350. The van der Waals surface area contributed by atoms with E-state index in [4.69, 9.17) is 14.2 Å². The van der Waals surface area contributed by atoms with E-state index >= 15 is 0 Å². The Labute approximate surface area is 161 Å². The third-order valence-corrected chi connectivity index (χ3v) is 4.04. The van der Waals surface area contributed by atoms with Crippen LogP contribution in [0.25, 0.3) is 0 Å². The number of alkyl halides is 3. The SMILES string of the molecule is COc1ccc(COC[C@H](OCc2cccc(C(F)(F)F)c2)[C@H](O)CO)cc1. The van der Waals surface area contributed by atoms with Gasteiger partial charge in [-0.15, -0.1) is 0 Å². The van der Waals surface area contributed by atoms with Crippen LogP contribution in [0.2, 0.25) is 0 Å². The summed E-state index contributed by atoms with van der Waals surface area (Å²) in [5.74, 6) is 0.710. The zero-order valence-electron chi connectivity index (χ0n) is 15.4. The maximum Gasteiger partial charge on any atom is 0.416 e. The molecule has 2 rings (SSSR count). The quantitative estimate of drug-likeness (QED) is 0.641. The van der Waals surface area contributed by atoms with Gasteiger partial charge in [-0.1, -0.05) is 24.3 Å². The number of hydrogen-bond acceptors (Lipinski definition) is 5. The van der Waals surface area contributed by atoms with Gasteiger partial charge in [-0.2, -0.15) is 13.2 Å². The smallest absolute Gasteiger partial charge is 0.416 e. The number of benzene rings is 2. The van der Waals surface area contributed by atoms with Gasteiger partial charge in [0.1, 0.15) is 18.0 Å². The van der Waals surface area contributed by atoms with Gasteiger partial charge in [0, 0.05) is 0 Å². The molecule has 0 saturated carbocycles. The van der Waals surface area contributed by atoms with Crippen molar-refractivity contribution in [3.8, 4) is 5.75 Å². The van der Waals surface area contributed by atoms with Crippen LogP contribution in [0.4, 0.5) is 13.2 Å². The second kappa shape index (κ2) is 10.4. The zero-order valence-corrected chi connectivity index (χ0v) is 15.4. The molecule has 0 spiro atoms. The van der Waals surface area contributed by atoms with Gasteiger partial charge in [0.25, 0.3) is 0 Å². The number of aliphatic hydroxyl groups is 2. The van der Waals surface area contributed by atoms with E-state index in [1.165, 1.54) is 12.1 Å². The van der Waals surface area contributed by atoms with Crippen molar-refractivity contribution in [1.82, 2.24) is 0 Å². The van der Waals surface area contributed by atoms with Crippen molar-refractivity contribution in [2.45, 2.75) is 31.6 Å². The molecular formula is C20H23F3O5. The number of ether oxygens (including phenoxy) is 3. The van der Waals surface area contributed by atoms with Gasteiger partial charge in [-0.25, -0.2) is 0 Å². The fourth-order valence-electron chi connectivity index (χ4n) is 2.44. The molecule has 2 N–H and O–H groups in total. The molecule has 0 heterocycles. The van der Waals surface area contributed by atoms with E-state index < -0.39 is 30.6 Å². The highest BCUT2D eigenvalue weighted by Crippen LogP contribution is 2.29. The molecule has 0 aliphatic carbocycles. The normalized spacial score (nSPS) is 13.9. The molecule has 0 radical (unpaired) electrons. The fourth-order valence-corrected chi connectivity index (χ4v) is 2.44. The lowest BCUT2D eigenvalue weighted by Gasteiger charge is -2.22. The van der Waals surface area contributed by atoms with E-state index in [1.807, 2.05) is 12.1 Å². The predicted octanol–water partition coefficient (Wildman–Crippen LogP) is 3.17.